The van der Waals surface area contributed by atoms with E-state index in [9.17, 15) is 9.59 Å². The zero-order valence-electron chi connectivity index (χ0n) is 9.55. The normalized spacial score (nSPS) is 11.6. The first kappa shape index (κ1) is 13.0. The minimum atomic E-state index is -1.03. The predicted molar refractivity (Wildman–Crippen MR) is 63.5 cm³/mol. The van der Waals surface area contributed by atoms with Gasteiger partial charge in [0, 0.05) is 5.56 Å². The quantitative estimate of drug-likeness (QED) is 0.604. The molecule has 1 unspecified atom stereocenters. The van der Waals surface area contributed by atoms with Crippen molar-refractivity contribution in [1.29, 1.82) is 0 Å². The van der Waals surface area contributed by atoms with E-state index in [1.54, 1.807) is 24.3 Å². The molecule has 1 atom stereocenters. The molecule has 4 nitrogen and oxygen atoms in total. The van der Waals surface area contributed by atoms with Crippen LogP contribution >= 0.6 is 0 Å². The second kappa shape index (κ2) is 5.84. The fourth-order valence-corrected chi connectivity index (χ4v) is 1.34. The Kier molecular flexibility index (Phi) is 4.46. The fourth-order valence-electron chi connectivity index (χ4n) is 1.34. The summed E-state index contributed by atoms with van der Waals surface area (Å²) in [7, 11) is 0. The van der Waals surface area contributed by atoms with E-state index >= 15 is 0 Å². The van der Waals surface area contributed by atoms with Gasteiger partial charge in [-0.3, -0.25) is 4.79 Å². The third-order valence-corrected chi connectivity index (χ3v) is 2.24. The molecule has 17 heavy (non-hydrogen) atoms. The van der Waals surface area contributed by atoms with Crippen molar-refractivity contribution in [2.24, 2.45) is 0 Å². The first-order valence-corrected chi connectivity index (χ1v) is 5.17. The van der Waals surface area contributed by atoms with Crippen LogP contribution in [-0.4, -0.2) is 23.5 Å². The fraction of sp³-hybridized carbons (Fsp3) is 0.231. The molecule has 0 radical (unpaired) electrons. The van der Waals surface area contributed by atoms with Gasteiger partial charge in [-0.25, -0.2) is 4.79 Å². The number of rotatable bonds is 6. The average molecular weight is 234 g/mol. The van der Waals surface area contributed by atoms with Crippen molar-refractivity contribution in [1.82, 2.24) is 0 Å². The Bertz CT molecular complexity index is 437. The van der Waals surface area contributed by atoms with Gasteiger partial charge in [-0.1, -0.05) is 6.08 Å². The Morgan fingerprint density at radius 1 is 1.59 bits per heavy atom. The lowest BCUT2D eigenvalue weighted by Crippen LogP contribution is -2.23. The van der Waals surface area contributed by atoms with E-state index in [0.29, 0.717) is 17.7 Å². The molecule has 0 aliphatic carbocycles. The molecular formula is C13H14O4. The molecule has 0 saturated heterocycles. The molecule has 0 amide bonds. The smallest absolute Gasteiger partial charge is 0.344 e. The van der Waals surface area contributed by atoms with Crippen LogP contribution in [0.25, 0.3) is 0 Å². The van der Waals surface area contributed by atoms with E-state index in [-0.39, 0.29) is 0 Å². The van der Waals surface area contributed by atoms with Gasteiger partial charge in [-0.15, -0.1) is 6.58 Å². The Morgan fingerprint density at radius 2 is 2.29 bits per heavy atom. The third-order valence-electron chi connectivity index (χ3n) is 2.24. The van der Waals surface area contributed by atoms with E-state index < -0.39 is 12.1 Å². The number of benzene rings is 1. The van der Waals surface area contributed by atoms with Crippen LogP contribution in [0.4, 0.5) is 0 Å². The maximum absolute atomic E-state index is 10.7. The molecule has 0 spiro atoms. The maximum atomic E-state index is 10.7. The first-order chi connectivity index (χ1) is 8.08. The van der Waals surface area contributed by atoms with Crippen molar-refractivity contribution < 1.29 is 19.4 Å². The summed E-state index contributed by atoms with van der Waals surface area (Å²) in [4.78, 5) is 21.3. The van der Waals surface area contributed by atoms with Crippen LogP contribution < -0.4 is 4.74 Å². The number of carbonyl (C=O) groups is 2. The zero-order valence-corrected chi connectivity index (χ0v) is 9.55. The van der Waals surface area contributed by atoms with Crippen molar-refractivity contribution in [2.75, 3.05) is 0 Å². The zero-order chi connectivity index (χ0) is 12.8. The van der Waals surface area contributed by atoms with Gasteiger partial charge in [0.2, 0.25) is 0 Å². The molecule has 1 N–H and O–H groups in total. The summed E-state index contributed by atoms with van der Waals surface area (Å²) < 4.78 is 5.30. The number of aliphatic carboxylic acids is 1. The molecule has 4 heteroatoms. The van der Waals surface area contributed by atoms with Gasteiger partial charge in [0.15, 0.2) is 6.10 Å². The lowest BCUT2D eigenvalue weighted by atomic mass is 10.1. The summed E-state index contributed by atoms with van der Waals surface area (Å²) in [5.41, 5.74) is 1.27. The summed E-state index contributed by atoms with van der Waals surface area (Å²) >= 11 is 0. The number of ether oxygens (including phenoxy) is 1. The van der Waals surface area contributed by atoms with E-state index in [4.69, 9.17) is 9.84 Å². The van der Waals surface area contributed by atoms with Gasteiger partial charge in [0.25, 0.3) is 0 Å². The number of allylic oxidation sites excluding steroid dienone is 1. The van der Waals surface area contributed by atoms with Gasteiger partial charge < -0.3 is 9.84 Å². The molecule has 1 aromatic rings. The van der Waals surface area contributed by atoms with Crippen LogP contribution in [0.2, 0.25) is 0 Å². The van der Waals surface area contributed by atoms with Crippen LogP contribution in [0.3, 0.4) is 0 Å². The first-order valence-electron chi connectivity index (χ1n) is 5.17. The van der Waals surface area contributed by atoms with Crippen molar-refractivity contribution in [3.8, 4) is 5.75 Å². The molecule has 0 aliphatic rings. The standard InChI is InChI=1S/C13H14O4/c1-3-4-11-7-10(8-14)5-6-12(11)17-9(2)13(15)16/h3,5-9H,1,4H2,2H3,(H,15,16). The Hall–Kier alpha value is -2.10. The molecule has 0 bridgehead atoms. The van der Waals surface area contributed by atoms with Crippen LogP contribution in [0.15, 0.2) is 30.9 Å². The highest BCUT2D eigenvalue weighted by molar-refractivity contribution is 5.76. The highest BCUT2D eigenvalue weighted by Gasteiger charge is 2.14. The molecule has 1 aromatic carbocycles. The summed E-state index contributed by atoms with van der Waals surface area (Å²) in [6, 6.07) is 4.85. The number of carboxylic acids is 1. The Balaban J connectivity index is 3.00. The number of aldehydes is 1. The van der Waals surface area contributed by atoms with Crippen molar-refractivity contribution in [3.63, 3.8) is 0 Å². The van der Waals surface area contributed by atoms with Crippen molar-refractivity contribution >= 4 is 12.3 Å². The van der Waals surface area contributed by atoms with E-state index in [0.717, 1.165) is 11.8 Å². The second-order valence-electron chi connectivity index (χ2n) is 3.58. The average Bonchev–Trinajstić information content (AvgIpc) is 2.31. The predicted octanol–water partition coefficient (Wildman–Crippen LogP) is 2.08. The van der Waals surface area contributed by atoms with Crippen LogP contribution in [-0.2, 0) is 11.2 Å². The summed E-state index contributed by atoms with van der Waals surface area (Å²) in [6.07, 6.45) is 1.99. The molecular weight excluding hydrogens is 220 g/mol. The Morgan fingerprint density at radius 3 is 2.82 bits per heavy atom. The molecule has 0 aromatic heterocycles. The lowest BCUT2D eigenvalue weighted by molar-refractivity contribution is -0.144. The van der Waals surface area contributed by atoms with Crippen LogP contribution in [0, 0.1) is 0 Å². The maximum Gasteiger partial charge on any atom is 0.344 e. The molecule has 90 valence electrons. The summed E-state index contributed by atoms with van der Waals surface area (Å²) in [6.45, 7) is 5.06. The summed E-state index contributed by atoms with van der Waals surface area (Å²) in [5, 5.41) is 8.76. The summed E-state index contributed by atoms with van der Waals surface area (Å²) in [5.74, 6) is -0.570. The molecule has 0 aliphatic heterocycles. The minimum absolute atomic E-state index is 0.463. The van der Waals surface area contributed by atoms with E-state index in [2.05, 4.69) is 6.58 Å². The van der Waals surface area contributed by atoms with Crippen LogP contribution in [0.1, 0.15) is 22.8 Å². The molecule has 0 saturated carbocycles. The number of carboxylic acid groups (broad SMARTS) is 1. The van der Waals surface area contributed by atoms with Gasteiger partial charge in [-0.05, 0) is 37.1 Å². The topological polar surface area (TPSA) is 63.6 Å². The van der Waals surface area contributed by atoms with E-state index in [1.807, 2.05) is 0 Å². The van der Waals surface area contributed by atoms with Gasteiger partial charge >= 0.3 is 5.97 Å². The monoisotopic (exact) mass is 234 g/mol. The van der Waals surface area contributed by atoms with E-state index in [1.165, 1.54) is 6.92 Å². The Labute approximate surface area is 99.5 Å². The third kappa shape index (κ3) is 3.45. The number of hydrogen-bond donors (Lipinski definition) is 1. The molecule has 0 fully saturated rings. The lowest BCUT2D eigenvalue weighted by Gasteiger charge is -2.14. The van der Waals surface area contributed by atoms with Crippen molar-refractivity contribution in [2.45, 2.75) is 19.4 Å². The largest absolute Gasteiger partial charge is 0.479 e. The SMILES string of the molecule is C=CCc1cc(C=O)ccc1OC(C)C(=O)O. The molecule has 0 heterocycles. The minimum Gasteiger partial charge on any atom is -0.479 e. The second-order valence-corrected chi connectivity index (χ2v) is 3.58. The number of hydrogen-bond acceptors (Lipinski definition) is 3. The van der Waals surface area contributed by atoms with Crippen molar-refractivity contribution in [3.05, 3.63) is 42.0 Å². The highest BCUT2D eigenvalue weighted by atomic mass is 16.5. The van der Waals surface area contributed by atoms with Crippen LogP contribution in [0.5, 0.6) is 5.75 Å². The van der Waals surface area contributed by atoms with Gasteiger partial charge in [0.1, 0.15) is 12.0 Å². The highest BCUT2D eigenvalue weighted by Crippen LogP contribution is 2.22. The number of carbonyl (C=O) groups excluding carboxylic acids is 1. The van der Waals surface area contributed by atoms with Gasteiger partial charge in [-0.2, -0.15) is 0 Å². The van der Waals surface area contributed by atoms with Gasteiger partial charge in [0.05, 0.1) is 0 Å². The molecule has 1 rings (SSSR count).